The molecule has 1 amide bonds. The molecule has 0 saturated carbocycles. The number of hydrogen-bond donors (Lipinski definition) is 2. The van der Waals surface area contributed by atoms with Gasteiger partial charge in [-0.05, 0) is 43.9 Å². The maximum Gasteiger partial charge on any atom is 0.302 e. The zero-order chi connectivity index (χ0) is 19.2. The lowest BCUT2D eigenvalue weighted by molar-refractivity contribution is -0.141. The normalized spacial score (nSPS) is 17.7. The van der Waals surface area contributed by atoms with E-state index in [1.165, 1.54) is 6.92 Å². The van der Waals surface area contributed by atoms with Crippen LogP contribution in [0.3, 0.4) is 0 Å². The van der Waals surface area contributed by atoms with Crippen LogP contribution in [-0.2, 0) is 20.9 Å². The average molecular weight is 375 g/mol. The van der Waals surface area contributed by atoms with Crippen LogP contribution in [0.1, 0.15) is 38.2 Å². The lowest BCUT2D eigenvalue weighted by Gasteiger charge is -2.27. The third-order valence-corrected chi connectivity index (χ3v) is 4.59. The fraction of sp³-hybridized carbons (Fsp3) is 0.526. The predicted molar refractivity (Wildman–Crippen MR) is 98.7 cm³/mol. The van der Waals surface area contributed by atoms with Gasteiger partial charge in [-0.3, -0.25) is 14.9 Å². The summed E-state index contributed by atoms with van der Waals surface area (Å²) < 4.78 is 10.7. The molecule has 1 aromatic rings. The number of fused-ring (bicyclic) bond motifs is 2. The van der Waals surface area contributed by atoms with Crippen molar-refractivity contribution in [2.75, 3.05) is 19.8 Å². The molecule has 0 radical (unpaired) electrons. The molecular formula is C19H25N3O5. The number of carbonyl (C=O) groups is 2. The van der Waals surface area contributed by atoms with Crippen molar-refractivity contribution < 1.29 is 24.2 Å². The monoisotopic (exact) mass is 375 g/mol. The molecule has 0 spiro atoms. The molecule has 2 heterocycles. The molecule has 1 fully saturated rings. The Morgan fingerprint density at radius 3 is 2.81 bits per heavy atom. The number of amides is 1. The summed E-state index contributed by atoms with van der Waals surface area (Å²) in [5.74, 6) is 0.802. The average Bonchev–Trinajstić information content (AvgIpc) is 2.95. The standard InChI is InChI=1S/C19H25N3O5/c1-13(24)26-8-4-2-3-5-9-27-15-6-7-16-14(10-15)11-22-17(12-23)18(25)21-19(22)20-16/h6-7,10,17,23H,2-5,8-9,11-12H2,1H3,(H,20,21,25). The number of aliphatic hydroxyl groups excluding tert-OH is 1. The van der Waals surface area contributed by atoms with Crippen molar-refractivity contribution >= 4 is 23.5 Å². The Morgan fingerprint density at radius 2 is 2.07 bits per heavy atom. The van der Waals surface area contributed by atoms with Crippen LogP contribution in [0.15, 0.2) is 23.2 Å². The van der Waals surface area contributed by atoms with Gasteiger partial charge in [-0.15, -0.1) is 0 Å². The fourth-order valence-corrected chi connectivity index (χ4v) is 3.16. The summed E-state index contributed by atoms with van der Waals surface area (Å²) in [6.07, 6.45) is 3.81. The summed E-state index contributed by atoms with van der Waals surface area (Å²) in [7, 11) is 0. The van der Waals surface area contributed by atoms with E-state index in [4.69, 9.17) is 9.47 Å². The second-order valence-electron chi connectivity index (χ2n) is 6.64. The molecule has 0 aliphatic carbocycles. The molecule has 1 saturated heterocycles. The molecule has 146 valence electrons. The summed E-state index contributed by atoms with van der Waals surface area (Å²) >= 11 is 0. The largest absolute Gasteiger partial charge is 0.494 e. The van der Waals surface area contributed by atoms with E-state index in [1.54, 1.807) is 4.90 Å². The molecule has 8 heteroatoms. The number of esters is 1. The topological polar surface area (TPSA) is 100 Å². The van der Waals surface area contributed by atoms with Gasteiger partial charge in [-0.1, -0.05) is 0 Å². The van der Waals surface area contributed by atoms with Gasteiger partial charge in [-0.25, -0.2) is 4.99 Å². The highest BCUT2D eigenvalue weighted by Gasteiger charge is 2.38. The highest BCUT2D eigenvalue weighted by atomic mass is 16.5. The molecule has 2 N–H and O–H groups in total. The van der Waals surface area contributed by atoms with Gasteiger partial charge in [-0.2, -0.15) is 0 Å². The van der Waals surface area contributed by atoms with E-state index in [0.29, 0.717) is 25.7 Å². The number of nitrogens with one attached hydrogen (secondary N) is 1. The van der Waals surface area contributed by atoms with Crippen LogP contribution in [0, 0.1) is 0 Å². The Labute approximate surface area is 158 Å². The highest BCUT2D eigenvalue weighted by molar-refractivity contribution is 6.07. The summed E-state index contributed by atoms with van der Waals surface area (Å²) in [5, 5.41) is 12.1. The molecule has 1 atom stereocenters. The number of carbonyl (C=O) groups excluding carboxylic acids is 2. The van der Waals surface area contributed by atoms with Gasteiger partial charge < -0.3 is 19.5 Å². The number of unbranched alkanes of at least 4 members (excludes halogenated alkanes) is 3. The van der Waals surface area contributed by atoms with Gasteiger partial charge in [0.15, 0.2) is 0 Å². The Morgan fingerprint density at radius 1 is 1.30 bits per heavy atom. The fourth-order valence-electron chi connectivity index (χ4n) is 3.16. The van der Waals surface area contributed by atoms with E-state index in [-0.39, 0.29) is 18.5 Å². The number of benzene rings is 1. The molecular weight excluding hydrogens is 350 g/mol. The van der Waals surface area contributed by atoms with E-state index in [0.717, 1.165) is 42.7 Å². The number of aliphatic hydroxyl groups is 1. The van der Waals surface area contributed by atoms with E-state index < -0.39 is 6.04 Å². The van der Waals surface area contributed by atoms with Crippen molar-refractivity contribution in [3.8, 4) is 5.75 Å². The van der Waals surface area contributed by atoms with Crippen LogP contribution in [0.2, 0.25) is 0 Å². The Kier molecular flexibility index (Phi) is 6.28. The zero-order valence-corrected chi connectivity index (χ0v) is 15.4. The van der Waals surface area contributed by atoms with E-state index >= 15 is 0 Å². The molecule has 27 heavy (non-hydrogen) atoms. The maximum atomic E-state index is 11.8. The van der Waals surface area contributed by atoms with Gasteiger partial charge >= 0.3 is 5.97 Å². The number of nitrogens with zero attached hydrogens (tertiary/aromatic N) is 2. The Hall–Kier alpha value is -2.61. The van der Waals surface area contributed by atoms with E-state index in [2.05, 4.69) is 10.3 Å². The molecule has 0 bridgehead atoms. The van der Waals surface area contributed by atoms with E-state index in [9.17, 15) is 14.7 Å². The lowest BCUT2D eigenvalue weighted by Crippen LogP contribution is -2.39. The van der Waals surface area contributed by atoms with Crippen LogP contribution in [-0.4, -0.2) is 53.7 Å². The molecule has 8 nitrogen and oxygen atoms in total. The highest BCUT2D eigenvalue weighted by Crippen LogP contribution is 2.31. The molecule has 1 unspecified atom stereocenters. The first-order chi connectivity index (χ1) is 13.1. The van der Waals surface area contributed by atoms with Crippen LogP contribution < -0.4 is 10.1 Å². The van der Waals surface area contributed by atoms with Gasteiger partial charge in [0.25, 0.3) is 5.91 Å². The van der Waals surface area contributed by atoms with Crippen molar-refractivity contribution in [1.82, 2.24) is 10.2 Å². The third-order valence-electron chi connectivity index (χ3n) is 4.59. The van der Waals surface area contributed by atoms with Gasteiger partial charge in [0.05, 0.1) is 25.5 Å². The van der Waals surface area contributed by atoms with Crippen molar-refractivity contribution in [1.29, 1.82) is 0 Å². The third kappa shape index (κ3) is 4.77. The molecule has 2 aliphatic heterocycles. The first-order valence-electron chi connectivity index (χ1n) is 9.24. The van der Waals surface area contributed by atoms with Gasteiger partial charge in [0, 0.05) is 19.0 Å². The number of hydrogen-bond acceptors (Lipinski definition) is 7. The van der Waals surface area contributed by atoms with Crippen molar-refractivity contribution in [2.45, 2.75) is 45.2 Å². The minimum Gasteiger partial charge on any atom is -0.494 e. The zero-order valence-electron chi connectivity index (χ0n) is 15.4. The maximum absolute atomic E-state index is 11.8. The van der Waals surface area contributed by atoms with Crippen molar-refractivity contribution in [2.24, 2.45) is 4.99 Å². The van der Waals surface area contributed by atoms with Crippen LogP contribution in [0.25, 0.3) is 0 Å². The number of guanidine groups is 1. The minimum absolute atomic E-state index is 0.228. The summed E-state index contributed by atoms with van der Waals surface area (Å²) in [6.45, 7) is 2.77. The quantitative estimate of drug-likeness (QED) is 0.501. The molecule has 0 aromatic heterocycles. The Balaban J connectivity index is 1.45. The number of rotatable bonds is 9. The SMILES string of the molecule is CC(=O)OCCCCCCOc1ccc2c(c1)CN1C(=N2)NC(=O)C1CO. The molecule has 2 aliphatic rings. The number of ether oxygens (including phenoxy) is 2. The smallest absolute Gasteiger partial charge is 0.302 e. The number of aliphatic imine (C=N–C) groups is 1. The van der Waals surface area contributed by atoms with Crippen molar-refractivity contribution in [3.63, 3.8) is 0 Å². The van der Waals surface area contributed by atoms with Gasteiger partial charge in [0.2, 0.25) is 5.96 Å². The summed E-state index contributed by atoms with van der Waals surface area (Å²) in [6, 6.07) is 5.10. The Bertz CT molecular complexity index is 734. The second kappa shape index (κ2) is 8.85. The minimum atomic E-state index is -0.589. The first-order valence-corrected chi connectivity index (χ1v) is 9.24. The van der Waals surface area contributed by atoms with Crippen LogP contribution in [0.5, 0.6) is 5.75 Å². The van der Waals surface area contributed by atoms with Gasteiger partial charge in [0.1, 0.15) is 11.8 Å². The van der Waals surface area contributed by atoms with Crippen molar-refractivity contribution in [3.05, 3.63) is 23.8 Å². The predicted octanol–water partition coefficient (Wildman–Crippen LogP) is 1.48. The summed E-state index contributed by atoms with van der Waals surface area (Å²) in [5.41, 5.74) is 1.77. The van der Waals surface area contributed by atoms with Crippen LogP contribution in [0.4, 0.5) is 5.69 Å². The lowest BCUT2D eigenvalue weighted by atomic mass is 10.1. The molecule has 1 aromatic carbocycles. The van der Waals surface area contributed by atoms with E-state index in [1.807, 2.05) is 18.2 Å². The first kappa shape index (κ1) is 19.2. The summed E-state index contributed by atoms with van der Waals surface area (Å²) in [4.78, 5) is 28.7. The molecule has 3 rings (SSSR count). The van der Waals surface area contributed by atoms with Crippen LogP contribution >= 0.6 is 0 Å². The second-order valence-corrected chi connectivity index (χ2v) is 6.64.